The summed E-state index contributed by atoms with van der Waals surface area (Å²) in [5.74, 6) is 0.119. The van der Waals surface area contributed by atoms with Gasteiger partial charge in [-0.15, -0.1) is 5.10 Å². The van der Waals surface area contributed by atoms with E-state index in [4.69, 9.17) is 14.6 Å². The van der Waals surface area contributed by atoms with Crippen LogP contribution in [0.1, 0.15) is 17.7 Å². The molecule has 9 heteroatoms. The van der Waals surface area contributed by atoms with Crippen LogP contribution in [0, 0.1) is 0 Å². The highest BCUT2D eigenvalue weighted by atomic mass is 16.5. The molecule has 0 bridgehead atoms. The second kappa shape index (κ2) is 8.67. The number of nitrogens with one attached hydrogen (secondary N) is 1. The van der Waals surface area contributed by atoms with Crippen molar-refractivity contribution in [3.8, 4) is 11.5 Å². The molecule has 0 aliphatic carbocycles. The van der Waals surface area contributed by atoms with Crippen molar-refractivity contribution >= 4 is 11.9 Å². The summed E-state index contributed by atoms with van der Waals surface area (Å²) in [5.41, 5.74) is 1.46. The fourth-order valence-electron chi connectivity index (χ4n) is 2.21. The summed E-state index contributed by atoms with van der Waals surface area (Å²) >= 11 is 0. The quantitative estimate of drug-likeness (QED) is 0.683. The highest BCUT2D eigenvalue weighted by molar-refractivity contribution is 5.76. The number of ether oxygens (including phenoxy) is 2. The minimum atomic E-state index is -1.00. The second-order valence-corrected chi connectivity index (χ2v) is 5.27. The molecule has 25 heavy (non-hydrogen) atoms. The lowest BCUT2D eigenvalue weighted by molar-refractivity contribution is -0.138. The Hall–Kier alpha value is -3.10. The fourth-order valence-corrected chi connectivity index (χ4v) is 2.21. The van der Waals surface area contributed by atoms with Crippen LogP contribution in [0.2, 0.25) is 0 Å². The number of hydrogen-bond donors (Lipinski definition) is 2. The molecule has 0 fully saturated rings. The van der Waals surface area contributed by atoms with Crippen molar-refractivity contribution in [3.63, 3.8) is 0 Å². The molecule has 134 valence electrons. The van der Waals surface area contributed by atoms with Gasteiger partial charge in [-0.05, 0) is 24.1 Å². The summed E-state index contributed by atoms with van der Waals surface area (Å²) in [6.45, 7) is -0.0648. The number of carbonyl (C=O) groups is 2. The number of hydrogen-bond acceptors (Lipinski definition) is 6. The number of methoxy groups -OCH3 is 2. The Labute approximate surface area is 144 Å². The Kier molecular flexibility index (Phi) is 6.33. The number of amides is 1. The van der Waals surface area contributed by atoms with Crippen molar-refractivity contribution in [2.75, 3.05) is 14.2 Å². The number of aromatic nitrogens is 3. The average molecular weight is 348 g/mol. The molecule has 1 heterocycles. The SMILES string of the molecule is COc1ccc(CCC(=O)NCc2cn(CC(=O)O)nn2)cc1OC. The first-order valence-electron chi connectivity index (χ1n) is 7.60. The maximum absolute atomic E-state index is 11.9. The highest BCUT2D eigenvalue weighted by Gasteiger charge is 2.08. The van der Waals surface area contributed by atoms with Crippen molar-refractivity contribution in [1.29, 1.82) is 0 Å². The topological polar surface area (TPSA) is 116 Å². The Balaban J connectivity index is 1.80. The number of benzene rings is 1. The van der Waals surface area contributed by atoms with Crippen LogP contribution in [0.15, 0.2) is 24.4 Å². The van der Waals surface area contributed by atoms with Gasteiger partial charge in [0.1, 0.15) is 12.2 Å². The van der Waals surface area contributed by atoms with Gasteiger partial charge in [-0.2, -0.15) is 0 Å². The van der Waals surface area contributed by atoms with Gasteiger partial charge in [-0.25, -0.2) is 4.68 Å². The molecule has 2 aromatic rings. The van der Waals surface area contributed by atoms with E-state index in [1.54, 1.807) is 20.3 Å². The molecule has 9 nitrogen and oxygen atoms in total. The number of aliphatic carboxylic acids is 1. The number of rotatable bonds is 9. The summed E-state index contributed by atoms with van der Waals surface area (Å²) in [4.78, 5) is 22.5. The third kappa shape index (κ3) is 5.48. The van der Waals surface area contributed by atoms with Crippen LogP contribution >= 0.6 is 0 Å². The van der Waals surface area contributed by atoms with E-state index < -0.39 is 5.97 Å². The van der Waals surface area contributed by atoms with Gasteiger partial charge in [0, 0.05) is 6.42 Å². The average Bonchev–Trinajstić information content (AvgIpc) is 3.04. The van der Waals surface area contributed by atoms with Crippen LogP contribution in [0.5, 0.6) is 11.5 Å². The molecule has 0 aliphatic rings. The van der Waals surface area contributed by atoms with Gasteiger partial charge in [0.15, 0.2) is 11.5 Å². The summed E-state index contributed by atoms with van der Waals surface area (Å²) in [6.07, 6.45) is 2.35. The molecule has 0 aliphatic heterocycles. The van der Waals surface area contributed by atoms with E-state index >= 15 is 0 Å². The van der Waals surface area contributed by atoms with E-state index in [0.717, 1.165) is 5.56 Å². The van der Waals surface area contributed by atoms with Crippen LogP contribution in [-0.4, -0.2) is 46.2 Å². The molecule has 1 aromatic heterocycles. The van der Waals surface area contributed by atoms with Crippen LogP contribution in [0.3, 0.4) is 0 Å². The molecule has 2 N–H and O–H groups in total. The summed E-state index contributed by atoms with van der Waals surface area (Å²) in [6, 6.07) is 5.52. The molecule has 0 saturated carbocycles. The Morgan fingerprint density at radius 1 is 1.24 bits per heavy atom. The minimum Gasteiger partial charge on any atom is -0.493 e. The van der Waals surface area contributed by atoms with E-state index in [9.17, 15) is 9.59 Å². The predicted molar refractivity (Wildman–Crippen MR) is 87.4 cm³/mol. The van der Waals surface area contributed by atoms with Gasteiger partial charge in [-0.3, -0.25) is 9.59 Å². The van der Waals surface area contributed by atoms with Crippen LogP contribution < -0.4 is 14.8 Å². The predicted octanol–water partition coefficient (Wildman–Crippen LogP) is 0.629. The standard InChI is InChI=1S/C16H20N4O5/c1-24-13-5-3-11(7-14(13)25-2)4-6-15(21)17-8-12-9-20(19-18-12)10-16(22)23/h3,5,7,9H,4,6,8,10H2,1-2H3,(H,17,21)(H,22,23). The van der Waals surface area contributed by atoms with Crippen molar-refractivity contribution in [1.82, 2.24) is 20.3 Å². The summed E-state index contributed by atoms with van der Waals surface area (Å²) < 4.78 is 11.6. The lowest BCUT2D eigenvalue weighted by Gasteiger charge is -2.09. The van der Waals surface area contributed by atoms with E-state index in [1.165, 1.54) is 10.9 Å². The van der Waals surface area contributed by atoms with Gasteiger partial charge in [0.2, 0.25) is 5.91 Å². The minimum absolute atomic E-state index is 0.137. The first-order chi connectivity index (χ1) is 12.0. The number of carboxylic acid groups (broad SMARTS) is 1. The number of carbonyl (C=O) groups excluding carboxylic acids is 1. The van der Waals surface area contributed by atoms with E-state index in [2.05, 4.69) is 15.6 Å². The molecular formula is C16H20N4O5. The number of nitrogens with zero attached hydrogens (tertiary/aromatic N) is 3. The Morgan fingerprint density at radius 2 is 2.00 bits per heavy atom. The third-order valence-corrected chi connectivity index (χ3v) is 3.44. The molecule has 2 rings (SSSR count). The first kappa shape index (κ1) is 18.2. The first-order valence-corrected chi connectivity index (χ1v) is 7.60. The summed E-state index contributed by atoms with van der Waals surface area (Å²) in [7, 11) is 3.13. The van der Waals surface area contributed by atoms with Gasteiger partial charge in [0.25, 0.3) is 0 Å². The summed E-state index contributed by atoms with van der Waals surface area (Å²) in [5, 5.41) is 18.9. The van der Waals surface area contributed by atoms with Gasteiger partial charge >= 0.3 is 5.97 Å². The van der Waals surface area contributed by atoms with Gasteiger partial charge < -0.3 is 19.9 Å². The largest absolute Gasteiger partial charge is 0.493 e. The van der Waals surface area contributed by atoms with Gasteiger partial charge in [-0.1, -0.05) is 11.3 Å². The van der Waals surface area contributed by atoms with E-state index in [-0.39, 0.29) is 19.0 Å². The van der Waals surface area contributed by atoms with E-state index in [1.807, 2.05) is 12.1 Å². The molecule has 0 atom stereocenters. The van der Waals surface area contributed by atoms with Crippen LogP contribution in [-0.2, 0) is 29.1 Å². The molecule has 1 amide bonds. The number of aryl methyl sites for hydroxylation is 1. The smallest absolute Gasteiger partial charge is 0.325 e. The fraction of sp³-hybridized carbons (Fsp3) is 0.375. The molecule has 1 aromatic carbocycles. The second-order valence-electron chi connectivity index (χ2n) is 5.27. The monoisotopic (exact) mass is 348 g/mol. The lowest BCUT2D eigenvalue weighted by atomic mass is 10.1. The Morgan fingerprint density at radius 3 is 2.68 bits per heavy atom. The van der Waals surface area contributed by atoms with Crippen LogP contribution in [0.25, 0.3) is 0 Å². The molecule has 0 radical (unpaired) electrons. The van der Waals surface area contributed by atoms with Gasteiger partial charge in [0.05, 0.1) is 27.0 Å². The Bertz CT molecular complexity index is 744. The zero-order valence-corrected chi connectivity index (χ0v) is 14.1. The van der Waals surface area contributed by atoms with Crippen LogP contribution in [0.4, 0.5) is 0 Å². The highest BCUT2D eigenvalue weighted by Crippen LogP contribution is 2.27. The van der Waals surface area contributed by atoms with Crippen molar-refractivity contribution in [2.24, 2.45) is 0 Å². The maximum Gasteiger partial charge on any atom is 0.325 e. The zero-order valence-electron chi connectivity index (χ0n) is 14.1. The van der Waals surface area contributed by atoms with E-state index in [0.29, 0.717) is 30.0 Å². The molecule has 0 spiro atoms. The third-order valence-electron chi connectivity index (χ3n) is 3.44. The van der Waals surface area contributed by atoms with Crippen molar-refractivity contribution < 1.29 is 24.2 Å². The molecule has 0 unspecified atom stereocenters. The molecular weight excluding hydrogens is 328 g/mol. The van der Waals surface area contributed by atoms with Crippen molar-refractivity contribution in [2.45, 2.75) is 25.9 Å². The maximum atomic E-state index is 11.9. The number of carboxylic acids is 1. The molecule has 0 saturated heterocycles. The normalized spacial score (nSPS) is 10.3. The van der Waals surface area contributed by atoms with Crippen molar-refractivity contribution in [3.05, 3.63) is 35.7 Å². The zero-order chi connectivity index (χ0) is 18.2. The lowest BCUT2D eigenvalue weighted by Crippen LogP contribution is -2.23.